The first-order chi connectivity index (χ1) is 10.1. The lowest BCUT2D eigenvalue weighted by atomic mass is 9.77. The summed E-state index contributed by atoms with van der Waals surface area (Å²) in [6, 6.07) is -0.0136. The zero-order chi connectivity index (χ0) is 15.6. The quantitative estimate of drug-likeness (QED) is 0.598. The van der Waals surface area contributed by atoms with E-state index in [0.717, 1.165) is 25.9 Å². The lowest BCUT2D eigenvalue weighted by Gasteiger charge is -2.38. The van der Waals surface area contributed by atoms with Gasteiger partial charge in [-0.1, -0.05) is 65.7 Å². The van der Waals surface area contributed by atoms with Crippen LogP contribution in [0.25, 0.3) is 0 Å². The standard InChI is InChI=1S/C18H36N2O/c1-4-5-6-7-8-9-10-11-14-20-17(21)16-18(2,3)13-12-15-19-16/h16,19H,4-15H2,1-3H3,(H,20,21). The summed E-state index contributed by atoms with van der Waals surface area (Å²) in [6.07, 6.45) is 12.8. The van der Waals surface area contributed by atoms with Crippen LogP contribution in [0, 0.1) is 5.41 Å². The first-order valence-corrected chi connectivity index (χ1v) is 9.09. The Labute approximate surface area is 131 Å². The molecule has 124 valence electrons. The first kappa shape index (κ1) is 18.5. The van der Waals surface area contributed by atoms with Gasteiger partial charge in [0.25, 0.3) is 0 Å². The van der Waals surface area contributed by atoms with Gasteiger partial charge in [-0.15, -0.1) is 0 Å². The molecule has 0 aromatic rings. The van der Waals surface area contributed by atoms with E-state index >= 15 is 0 Å². The van der Waals surface area contributed by atoms with Crippen molar-refractivity contribution >= 4 is 5.91 Å². The van der Waals surface area contributed by atoms with Crippen LogP contribution in [0.2, 0.25) is 0 Å². The Morgan fingerprint density at radius 1 is 1.10 bits per heavy atom. The van der Waals surface area contributed by atoms with Gasteiger partial charge in [-0.2, -0.15) is 0 Å². The third-order valence-electron chi connectivity index (χ3n) is 4.72. The van der Waals surface area contributed by atoms with Crippen LogP contribution in [0.5, 0.6) is 0 Å². The largest absolute Gasteiger partial charge is 0.355 e. The summed E-state index contributed by atoms with van der Waals surface area (Å²) in [5.41, 5.74) is 0.0849. The minimum atomic E-state index is -0.0136. The summed E-state index contributed by atoms with van der Waals surface area (Å²) in [5.74, 6) is 0.197. The average molecular weight is 296 g/mol. The fraction of sp³-hybridized carbons (Fsp3) is 0.944. The maximum absolute atomic E-state index is 12.2. The van der Waals surface area contributed by atoms with E-state index in [1.54, 1.807) is 0 Å². The summed E-state index contributed by atoms with van der Waals surface area (Å²) in [5, 5.41) is 6.50. The second kappa shape index (κ2) is 10.2. The molecule has 1 saturated heterocycles. The average Bonchev–Trinajstić information content (AvgIpc) is 2.45. The van der Waals surface area contributed by atoms with Crippen molar-refractivity contribution in [3.05, 3.63) is 0 Å². The summed E-state index contributed by atoms with van der Waals surface area (Å²) >= 11 is 0. The van der Waals surface area contributed by atoms with Crippen molar-refractivity contribution in [3.63, 3.8) is 0 Å². The zero-order valence-electron chi connectivity index (χ0n) is 14.5. The van der Waals surface area contributed by atoms with Gasteiger partial charge in [-0.3, -0.25) is 4.79 Å². The van der Waals surface area contributed by atoms with Crippen molar-refractivity contribution in [3.8, 4) is 0 Å². The van der Waals surface area contributed by atoms with Crippen LogP contribution in [0.15, 0.2) is 0 Å². The summed E-state index contributed by atoms with van der Waals surface area (Å²) in [4.78, 5) is 12.2. The minimum absolute atomic E-state index is 0.0136. The summed E-state index contributed by atoms with van der Waals surface area (Å²) < 4.78 is 0. The van der Waals surface area contributed by atoms with Crippen molar-refractivity contribution in [2.24, 2.45) is 5.41 Å². The Morgan fingerprint density at radius 3 is 2.33 bits per heavy atom. The van der Waals surface area contributed by atoms with E-state index in [1.807, 2.05) is 0 Å². The van der Waals surface area contributed by atoms with Crippen LogP contribution in [-0.2, 0) is 4.79 Å². The zero-order valence-corrected chi connectivity index (χ0v) is 14.5. The van der Waals surface area contributed by atoms with Gasteiger partial charge in [0, 0.05) is 6.54 Å². The van der Waals surface area contributed by atoms with Crippen molar-refractivity contribution in [1.29, 1.82) is 0 Å². The topological polar surface area (TPSA) is 41.1 Å². The van der Waals surface area contributed by atoms with E-state index in [0.29, 0.717) is 0 Å². The fourth-order valence-electron chi connectivity index (χ4n) is 3.23. The number of rotatable bonds is 10. The van der Waals surface area contributed by atoms with Crippen molar-refractivity contribution in [2.75, 3.05) is 13.1 Å². The molecule has 21 heavy (non-hydrogen) atoms. The minimum Gasteiger partial charge on any atom is -0.355 e. The number of hydrogen-bond acceptors (Lipinski definition) is 2. The maximum Gasteiger partial charge on any atom is 0.237 e. The fourth-order valence-corrected chi connectivity index (χ4v) is 3.23. The van der Waals surface area contributed by atoms with Crippen LogP contribution in [-0.4, -0.2) is 25.0 Å². The molecule has 1 aliphatic rings. The monoisotopic (exact) mass is 296 g/mol. The summed E-state index contributed by atoms with van der Waals surface area (Å²) in [6.45, 7) is 8.45. The predicted octanol–water partition coefficient (Wildman–Crippen LogP) is 4.02. The highest BCUT2D eigenvalue weighted by molar-refractivity contribution is 5.82. The highest BCUT2D eigenvalue weighted by Gasteiger charge is 2.36. The van der Waals surface area contributed by atoms with Crippen LogP contribution < -0.4 is 10.6 Å². The molecule has 2 N–H and O–H groups in total. The SMILES string of the molecule is CCCCCCCCCCNC(=O)C1NCCCC1(C)C. The van der Waals surface area contributed by atoms with Crippen molar-refractivity contribution < 1.29 is 4.79 Å². The van der Waals surface area contributed by atoms with E-state index in [1.165, 1.54) is 51.4 Å². The molecule has 0 aliphatic carbocycles. The Bertz CT molecular complexity index is 289. The molecule has 0 spiro atoms. The maximum atomic E-state index is 12.2. The molecule has 1 unspecified atom stereocenters. The van der Waals surface area contributed by atoms with Gasteiger partial charge in [-0.05, 0) is 31.2 Å². The molecule has 3 heteroatoms. The molecular formula is C18H36N2O. The van der Waals surface area contributed by atoms with Crippen LogP contribution >= 0.6 is 0 Å². The Hall–Kier alpha value is -0.570. The Morgan fingerprint density at radius 2 is 1.71 bits per heavy atom. The normalized spacial score (nSPS) is 21.2. The number of hydrogen-bond donors (Lipinski definition) is 2. The molecule has 1 rings (SSSR count). The van der Waals surface area contributed by atoms with Crippen molar-refractivity contribution in [1.82, 2.24) is 10.6 Å². The summed E-state index contributed by atoms with van der Waals surface area (Å²) in [7, 11) is 0. The molecule has 0 saturated carbocycles. The second-order valence-corrected chi connectivity index (χ2v) is 7.25. The predicted molar refractivity (Wildman–Crippen MR) is 90.4 cm³/mol. The smallest absolute Gasteiger partial charge is 0.237 e. The van der Waals surface area contributed by atoms with Gasteiger partial charge in [-0.25, -0.2) is 0 Å². The number of piperidine rings is 1. The molecule has 1 fully saturated rings. The van der Waals surface area contributed by atoms with Gasteiger partial charge in [0.1, 0.15) is 0 Å². The van der Waals surface area contributed by atoms with E-state index in [9.17, 15) is 4.79 Å². The molecule has 0 aromatic carbocycles. The molecule has 1 aliphatic heterocycles. The van der Waals surface area contributed by atoms with Gasteiger partial charge in [0.2, 0.25) is 5.91 Å². The van der Waals surface area contributed by atoms with E-state index in [2.05, 4.69) is 31.4 Å². The molecule has 0 bridgehead atoms. The third-order valence-corrected chi connectivity index (χ3v) is 4.72. The molecule has 1 amide bonds. The van der Waals surface area contributed by atoms with Crippen LogP contribution in [0.4, 0.5) is 0 Å². The number of carbonyl (C=O) groups excluding carboxylic acids is 1. The Kier molecular flexibility index (Phi) is 8.98. The Balaban J connectivity index is 2.03. The molecule has 0 aromatic heterocycles. The number of nitrogens with one attached hydrogen (secondary N) is 2. The van der Waals surface area contributed by atoms with E-state index in [4.69, 9.17) is 0 Å². The van der Waals surface area contributed by atoms with Gasteiger partial charge < -0.3 is 10.6 Å². The highest BCUT2D eigenvalue weighted by Crippen LogP contribution is 2.30. The lowest BCUT2D eigenvalue weighted by Crippen LogP contribution is -2.55. The molecule has 1 heterocycles. The lowest BCUT2D eigenvalue weighted by molar-refractivity contribution is -0.126. The number of unbranched alkanes of at least 4 members (excludes halogenated alkanes) is 7. The number of amides is 1. The number of carbonyl (C=O) groups is 1. The highest BCUT2D eigenvalue weighted by atomic mass is 16.2. The molecular weight excluding hydrogens is 260 g/mol. The van der Waals surface area contributed by atoms with E-state index in [-0.39, 0.29) is 17.4 Å². The van der Waals surface area contributed by atoms with Gasteiger partial charge in [0.05, 0.1) is 6.04 Å². The first-order valence-electron chi connectivity index (χ1n) is 9.09. The molecule has 0 radical (unpaired) electrons. The van der Waals surface area contributed by atoms with Crippen molar-refractivity contribution in [2.45, 2.75) is 91.0 Å². The van der Waals surface area contributed by atoms with Crippen LogP contribution in [0.1, 0.15) is 85.0 Å². The molecule has 1 atom stereocenters. The van der Waals surface area contributed by atoms with E-state index < -0.39 is 0 Å². The van der Waals surface area contributed by atoms with Crippen LogP contribution in [0.3, 0.4) is 0 Å². The third kappa shape index (κ3) is 7.30. The molecule has 3 nitrogen and oxygen atoms in total. The second-order valence-electron chi connectivity index (χ2n) is 7.25. The van der Waals surface area contributed by atoms with Gasteiger partial charge >= 0.3 is 0 Å². The van der Waals surface area contributed by atoms with Gasteiger partial charge in [0.15, 0.2) is 0 Å².